The maximum Gasteiger partial charge on any atom is 0.341 e. The topological polar surface area (TPSA) is 111 Å². The van der Waals surface area contributed by atoms with Gasteiger partial charge in [0.2, 0.25) is 0 Å². The Bertz CT molecular complexity index is 1170. The van der Waals surface area contributed by atoms with E-state index >= 15 is 0 Å². The van der Waals surface area contributed by atoms with Crippen LogP contribution < -0.4 is 10.6 Å². The first-order valence-corrected chi connectivity index (χ1v) is 11.8. The highest BCUT2D eigenvalue weighted by Gasteiger charge is 2.28. The van der Waals surface area contributed by atoms with Crippen molar-refractivity contribution in [2.45, 2.75) is 19.8 Å². The first kappa shape index (κ1) is 25.6. The molecule has 182 valence electrons. The van der Waals surface area contributed by atoms with Gasteiger partial charge in [-0.1, -0.05) is 60.7 Å². The maximum absolute atomic E-state index is 13.0. The average molecular weight is 495 g/mol. The number of hydrogen-bond donors (Lipinski definition) is 2. The Morgan fingerprint density at radius 2 is 1.49 bits per heavy atom. The number of ether oxygens (including phenoxy) is 2. The molecule has 0 saturated carbocycles. The Labute approximate surface area is 207 Å². The van der Waals surface area contributed by atoms with Crippen LogP contribution in [0.15, 0.2) is 60.7 Å². The summed E-state index contributed by atoms with van der Waals surface area (Å²) >= 11 is 0.950. The summed E-state index contributed by atoms with van der Waals surface area (Å²) in [4.78, 5) is 50.6. The zero-order chi connectivity index (χ0) is 25.4. The van der Waals surface area contributed by atoms with Crippen molar-refractivity contribution in [1.82, 2.24) is 5.32 Å². The van der Waals surface area contributed by atoms with E-state index in [-0.39, 0.29) is 22.0 Å². The zero-order valence-corrected chi connectivity index (χ0v) is 20.4. The van der Waals surface area contributed by atoms with E-state index in [1.54, 1.807) is 13.8 Å². The Morgan fingerprint density at radius 3 is 2.00 bits per heavy atom. The molecular formula is C26H26N2O6S. The first-order valence-electron chi connectivity index (χ1n) is 11.0. The number of carbonyl (C=O) groups excluding carboxylic acids is 4. The maximum atomic E-state index is 13.0. The van der Waals surface area contributed by atoms with E-state index in [1.807, 2.05) is 60.7 Å². The van der Waals surface area contributed by atoms with Gasteiger partial charge < -0.3 is 20.1 Å². The molecule has 0 unspecified atom stereocenters. The molecule has 0 aliphatic heterocycles. The van der Waals surface area contributed by atoms with Gasteiger partial charge >= 0.3 is 11.9 Å². The molecule has 0 radical (unpaired) electrons. The second kappa shape index (κ2) is 11.9. The zero-order valence-electron chi connectivity index (χ0n) is 19.6. The summed E-state index contributed by atoms with van der Waals surface area (Å²) in [6, 6.07) is 18.3. The van der Waals surface area contributed by atoms with Gasteiger partial charge in [0.15, 0.2) is 6.61 Å². The minimum atomic E-state index is -0.705. The molecule has 2 amide bonds. The highest BCUT2D eigenvalue weighted by molar-refractivity contribution is 7.18. The van der Waals surface area contributed by atoms with Gasteiger partial charge in [-0.3, -0.25) is 14.4 Å². The fourth-order valence-electron chi connectivity index (χ4n) is 3.52. The minimum absolute atomic E-state index is 0.0987. The predicted octanol–water partition coefficient (Wildman–Crippen LogP) is 3.91. The van der Waals surface area contributed by atoms with Gasteiger partial charge in [-0.25, -0.2) is 4.79 Å². The van der Waals surface area contributed by atoms with Crippen LogP contribution in [0, 0.1) is 6.92 Å². The smallest absolute Gasteiger partial charge is 0.341 e. The van der Waals surface area contributed by atoms with Gasteiger partial charge in [-0.15, -0.1) is 11.3 Å². The monoisotopic (exact) mass is 494 g/mol. The molecule has 0 spiro atoms. The van der Waals surface area contributed by atoms with Crippen molar-refractivity contribution in [1.29, 1.82) is 0 Å². The SMILES string of the molecule is CCOC(=O)c1c(NC(=O)COC(=O)C(c2ccccc2)c2ccccc2)sc(C(=O)NC)c1C. The van der Waals surface area contributed by atoms with Crippen molar-refractivity contribution < 1.29 is 28.7 Å². The molecule has 0 aliphatic carbocycles. The number of carbonyl (C=O) groups is 4. The molecule has 8 nitrogen and oxygen atoms in total. The van der Waals surface area contributed by atoms with Crippen LogP contribution in [0.5, 0.6) is 0 Å². The van der Waals surface area contributed by atoms with Crippen molar-refractivity contribution in [2.24, 2.45) is 0 Å². The van der Waals surface area contributed by atoms with Gasteiger partial charge in [0.1, 0.15) is 10.9 Å². The standard InChI is InChI=1S/C26H26N2O6S/c1-4-33-25(31)20-16(2)22(23(30)27-3)35-24(20)28-19(29)15-34-26(32)21(17-11-7-5-8-12-17)18-13-9-6-10-14-18/h5-14,21H,4,15H2,1-3H3,(H,27,30)(H,28,29). The van der Waals surface area contributed by atoms with Crippen LogP contribution in [0.4, 0.5) is 5.00 Å². The molecule has 0 atom stereocenters. The molecule has 0 bridgehead atoms. The van der Waals surface area contributed by atoms with Crippen molar-refractivity contribution in [3.05, 3.63) is 87.8 Å². The number of anilines is 1. The molecule has 35 heavy (non-hydrogen) atoms. The van der Waals surface area contributed by atoms with E-state index in [0.29, 0.717) is 5.56 Å². The largest absolute Gasteiger partial charge is 0.462 e. The van der Waals surface area contributed by atoms with Gasteiger partial charge in [0.25, 0.3) is 11.8 Å². The molecule has 2 aromatic carbocycles. The third-order valence-corrected chi connectivity index (χ3v) is 6.37. The van der Waals surface area contributed by atoms with Crippen LogP contribution in [0.3, 0.4) is 0 Å². The number of esters is 2. The summed E-state index contributed by atoms with van der Waals surface area (Å²) in [6.45, 7) is 2.83. The lowest BCUT2D eigenvalue weighted by Crippen LogP contribution is -2.25. The second-order valence-corrected chi connectivity index (χ2v) is 8.49. The van der Waals surface area contributed by atoms with Gasteiger partial charge in [0.05, 0.1) is 17.0 Å². The number of rotatable bonds is 9. The summed E-state index contributed by atoms with van der Waals surface area (Å²) < 4.78 is 10.4. The van der Waals surface area contributed by atoms with Crippen LogP contribution in [-0.2, 0) is 19.1 Å². The Balaban J connectivity index is 1.77. The number of hydrogen-bond acceptors (Lipinski definition) is 7. The number of thiophene rings is 1. The summed E-state index contributed by atoms with van der Waals surface area (Å²) in [5.41, 5.74) is 1.96. The van der Waals surface area contributed by atoms with E-state index in [9.17, 15) is 19.2 Å². The summed E-state index contributed by atoms with van der Waals surface area (Å²) in [6.07, 6.45) is 0. The van der Waals surface area contributed by atoms with Crippen molar-refractivity contribution in [3.8, 4) is 0 Å². The number of amides is 2. The Kier molecular flexibility index (Phi) is 8.74. The van der Waals surface area contributed by atoms with Crippen LogP contribution >= 0.6 is 11.3 Å². The highest BCUT2D eigenvalue weighted by Crippen LogP contribution is 2.34. The molecule has 3 aromatic rings. The van der Waals surface area contributed by atoms with Crippen molar-refractivity contribution in [3.63, 3.8) is 0 Å². The van der Waals surface area contributed by atoms with E-state index in [4.69, 9.17) is 9.47 Å². The Hall–Kier alpha value is -3.98. The predicted molar refractivity (Wildman–Crippen MR) is 133 cm³/mol. The molecule has 0 saturated heterocycles. The van der Waals surface area contributed by atoms with Crippen LogP contribution in [0.25, 0.3) is 0 Å². The van der Waals surface area contributed by atoms with Crippen LogP contribution in [0.2, 0.25) is 0 Å². The third-order valence-electron chi connectivity index (χ3n) is 5.16. The number of benzene rings is 2. The third kappa shape index (κ3) is 6.13. The molecule has 9 heteroatoms. The first-order chi connectivity index (χ1) is 16.9. The lowest BCUT2D eigenvalue weighted by molar-refractivity contribution is -0.147. The normalized spacial score (nSPS) is 10.5. The quantitative estimate of drug-likeness (QED) is 0.437. The fourth-order valence-corrected chi connectivity index (χ4v) is 4.68. The molecule has 0 fully saturated rings. The molecule has 2 N–H and O–H groups in total. The lowest BCUT2D eigenvalue weighted by atomic mass is 9.91. The average Bonchev–Trinajstić information content (AvgIpc) is 3.19. The highest BCUT2D eigenvalue weighted by atomic mass is 32.1. The van der Waals surface area contributed by atoms with Crippen molar-refractivity contribution >= 4 is 40.1 Å². The van der Waals surface area contributed by atoms with Crippen LogP contribution in [-0.4, -0.2) is 44.0 Å². The van der Waals surface area contributed by atoms with E-state index in [0.717, 1.165) is 22.5 Å². The van der Waals surface area contributed by atoms with Gasteiger partial charge in [-0.2, -0.15) is 0 Å². The summed E-state index contributed by atoms with van der Waals surface area (Å²) in [5, 5.41) is 5.25. The second-order valence-electron chi connectivity index (χ2n) is 7.47. The Morgan fingerprint density at radius 1 is 0.914 bits per heavy atom. The molecule has 0 aliphatic rings. The molecule has 1 aromatic heterocycles. The van der Waals surface area contributed by atoms with E-state index < -0.39 is 36.3 Å². The number of nitrogens with one attached hydrogen (secondary N) is 2. The molecule has 1 heterocycles. The van der Waals surface area contributed by atoms with Gasteiger partial charge in [0, 0.05) is 7.05 Å². The van der Waals surface area contributed by atoms with Gasteiger partial charge in [-0.05, 0) is 30.5 Å². The fraction of sp³-hybridized carbons (Fsp3) is 0.231. The molecular weight excluding hydrogens is 468 g/mol. The lowest BCUT2D eigenvalue weighted by Gasteiger charge is -2.17. The van der Waals surface area contributed by atoms with E-state index in [2.05, 4.69) is 10.6 Å². The summed E-state index contributed by atoms with van der Waals surface area (Å²) in [5.74, 6) is -2.98. The summed E-state index contributed by atoms with van der Waals surface area (Å²) in [7, 11) is 1.47. The minimum Gasteiger partial charge on any atom is -0.462 e. The molecule has 3 rings (SSSR count). The van der Waals surface area contributed by atoms with Crippen LogP contribution in [0.1, 0.15) is 49.6 Å². The van der Waals surface area contributed by atoms with E-state index in [1.165, 1.54) is 7.05 Å². The van der Waals surface area contributed by atoms with Crippen molar-refractivity contribution in [2.75, 3.05) is 25.6 Å².